The summed E-state index contributed by atoms with van der Waals surface area (Å²) in [7, 11) is -3.27. The Morgan fingerprint density at radius 1 is 1.44 bits per heavy atom. The summed E-state index contributed by atoms with van der Waals surface area (Å²) in [6.45, 7) is 1.95. The third-order valence-corrected chi connectivity index (χ3v) is 4.07. The van der Waals surface area contributed by atoms with Gasteiger partial charge in [0.05, 0.1) is 11.4 Å². The normalized spacial score (nSPS) is 11.4. The van der Waals surface area contributed by atoms with Crippen LogP contribution in [0.4, 0.5) is 11.4 Å². The molecule has 0 aliphatic heterocycles. The summed E-state index contributed by atoms with van der Waals surface area (Å²) >= 11 is 3.27. The summed E-state index contributed by atoms with van der Waals surface area (Å²) in [6.07, 6.45) is 1.49. The van der Waals surface area contributed by atoms with Crippen LogP contribution in [0.3, 0.4) is 0 Å². The van der Waals surface area contributed by atoms with E-state index >= 15 is 0 Å². The van der Waals surface area contributed by atoms with Crippen molar-refractivity contribution < 1.29 is 8.42 Å². The van der Waals surface area contributed by atoms with Gasteiger partial charge in [-0.3, -0.25) is 4.72 Å². The number of nitrogens with two attached hydrogens (primary N) is 1. The second kappa shape index (κ2) is 5.54. The summed E-state index contributed by atoms with van der Waals surface area (Å²) in [5.41, 5.74) is 6.60. The predicted octanol–water partition coefficient (Wildman–Crippen LogP) is 2.57. The lowest BCUT2D eigenvalue weighted by molar-refractivity contribution is 0.598. The lowest BCUT2D eigenvalue weighted by Crippen LogP contribution is -2.16. The molecule has 90 valence electrons. The van der Waals surface area contributed by atoms with Crippen LogP contribution in [-0.4, -0.2) is 14.2 Å². The van der Waals surface area contributed by atoms with Gasteiger partial charge in [-0.15, -0.1) is 0 Å². The number of nitrogen functional groups attached to an aromatic ring is 1. The van der Waals surface area contributed by atoms with Crippen LogP contribution in [0, 0.1) is 0 Å². The molecule has 0 radical (unpaired) electrons. The monoisotopic (exact) mass is 306 g/mol. The summed E-state index contributed by atoms with van der Waals surface area (Å²) in [5.74, 6) is 0.130. The van der Waals surface area contributed by atoms with Crippen molar-refractivity contribution in [1.29, 1.82) is 0 Å². The van der Waals surface area contributed by atoms with E-state index in [4.69, 9.17) is 5.73 Å². The van der Waals surface area contributed by atoms with Gasteiger partial charge in [0, 0.05) is 10.2 Å². The molecule has 0 atom stereocenters. The van der Waals surface area contributed by atoms with E-state index in [-0.39, 0.29) is 5.75 Å². The van der Waals surface area contributed by atoms with Crippen LogP contribution in [0.2, 0.25) is 0 Å². The van der Waals surface area contributed by atoms with Gasteiger partial charge in [-0.05, 0) is 40.5 Å². The summed E-state index contributed by atoms with van der Waals surface area (Å²) in [6, 6.07) is 5.01. The van der Waals surface area contributed by atoms with Gasteiger partial charge in [0.2, 0.25) is 10.0 Å². The van der Waals surface area contributed by atoms with Gasteiger partial charge >= 0.3 is 0 Å². The fraction of sp³-hybridized carbons (Fsp3) is 0.400. The molecule has 0 bridgehead atoms. The molecule has 0 saturated heterocycles. The average molecular weight is 307 g/mol. The Hall–Kier alpha value is -0.750. The minimum atomic E-state index is -3.27. The van der Waals surface area contributed by atoms with Gasteiger partial charge in [-0.2, -0.15) is 0 Å². The average Bonchev–Trinajstić information content (AvgIpc) is 2.20. The Kier molecular flexibility index (Phi) is 4.61. The first-order valence-corrected chi connectivity index (χ1v) is 7.44. The third kappa shape index (κ3) is 4.02. The van der Waals surface area contributed by atoms with E-state index in [1.807, 2.05) is 6.92 Å². The zero-order valence-corrected chi connectivity index (χ0v) is 11.4. The molecule has 0 saturated carbocycles. The second-order valence-electron chi connectivity index (χ2n) is 3.51. The lowest BCUT2D eigenvalue weighted by Gasteiger charge is -2.09. The van der Waals surface area contributed by atoms with E-state index in [1.54, 1.807) is 18.2 Å². The maximum absolute atomic E-state index is 11.6. The molecule has 1 aromatic rings. The SMILES string of the molecule is CCCCS(=O)(=O)Nc1cc(N)ccc1Br. The molecule has 4 nitrogen and oxygen atoms in total. The highest BCUT2D eigenvalue weighted by atomic mass is 79.9. The van der Waals surface area contributed by atoms with Crippen molar-refractivity contribution in [2.45, 2.75) is 19.8 Å². The Morgan fingerprint density at radius 3 is 2.75 bits per heavy atom. The third-order valence-electron chi connectivity index (χ3n) is 2.02. The van der Waals surface area contributed by atoms with Gasteiger partial charge in [0.25, 0.3) is 0 Å². The molecule has 0 unspecified atom stereocenters. The number of halogens is 1. The fourth-order valence-corrected chi connectivity index (χ4v) is 2.93. The van der Waals surface area contributed by atoms with Gasteiger partial charge in [0.1, 0.15) is 0 Å². The summed E-state index contributed by atoms with van der Waals surface area (Å²) in [5, 5.41) is 0. The number of hydrogen-bond donors (Lipinski definition) is 2. The second-order valence-corrected chi connectivity index (χ2v) is 6.21. The number of nitrogens with one attached hydrogen (secondary N) is 1. The van der Waals surface area contributed by atoms with Crippen molar-refractivity contribution in [2.75, 3.05) is 16.2 Å². The molecule has 3 N–H and O–H groups in total. The Balaban J connectivity index is 2.83. The molecule has 0 spiro atoms. The zero-order chi connectivity index (χ0) is 12.2. The van der Waals surface area contributed by atoms with Crippen LogP contribution >= 0.6 is 15.9 Å². The van der Waals surface area contributed by atoms with Crippen LogP contribution in [0.1, 0.15) is 19.8 Å². The van der Waals surface area contributed by atoms with Crippen LogP contribution in [-0.2, 0) is 10.0 Å². The van der Waals surface area contributed by atoms with Gasteiger partial charge in [0.15, 0.2) is 0 Å². The lowest BCUT2D eigenvalue weighted by atomic mass is 10.3. The van der Waals surface area contributed by atoms with Gasteiger partial charge in [-0.25, -0.2) is 8.42 Å². The predicted molar refractivity (Wildman–Crippen MR) is 70.9 cm³/mol. The van der Waals surface area contributed by atoms with Crippen molar-refractivity contribution >= 4 is 37.3 Å². The Morgan fingerprint density at radius 2 is 2.12 bits per heavy atom. The molecular formula is C10H15BrN2O2S. The van der Waals surface area contributed by atoms with Crippen LogP contribution in [0.5, 0.6) is 0 Å². The van der Waals surface area contributed by atoms with Crippen LogP contribution in [0.25, 0.3) is 0 Å². The molecule has 0 aromatic heterocycles. The summed E-state index contributed by atoms with van der Waals surface area (Å²) < 4.78 is 26.5. The van der Waals surface area contributed by atoms with Gasteiger partial charge in [-0.1, -0.05) is 13.3 Å². The first-order valence-electron chi connectivity index (χ1n) is 5.00. The highest BCUT2D eigenvalue weighted by molar-refractivity contribution is 9.10. The number of benzene rings is 1. The molecule has 6 heteroatoms. The van der Waals surface area contributed by atoms with E-state index in [0.29, 0.717) is 22.3 Å². The Labute approximate surface area is 104 Å². The Bertz CT molecular complexity index is 460. The maximum atomic E-state index is 11.6. The highest BCUT2D eigenvalue weighted by Gasteiger charge is 2.11. The fourth-order valence-electron chi connectivity index (χ4n) is 1.17. The molecule has 1 aromatic carbocycles. The standard InChI is InChI=1S/C10H15BrN2O2S/c1-2-3-6-16(14,15)13-10-7-8(12)4-5-9(10)11/h4-5,7,13H,2-3,6,12H2,1H3. The van der Waals surface area contributed by atoms with E-state index in [0.717, 1.165) is 6.42 Å². The minimum absolute atomic E-state index is 0.130. The first kappa shape index (κ1) is 13.3. The van der Waals surface area contributed by atoms with E-state index in [9.17, 15) is 8.42 Å². The molecule has 0 aliphatic rings. The van der Waals surface area contributed by atoms with Crippen molar-refractivity contribution in [3.05, 3.63) is 22.7 Å². The number of anilines is 2. The topological polar surface area (TPSA) is 72.2 Å². The molecule has 0 fully saturated rings. The molecule has 1 rings (SSSR count). The van der Waals surface area contributed by atoms with Crippen molar-refractivity contribution in [3.63, 3.8) is 0 Å². The molecule has 16 heavy (non-hydrogen) atoms. The maximum Gasteiger partial charge on any atom is 0.232 e. The smallest absolute Gasteiger partial charge is 0.232 e. The molecule has 0 heterocycles. The largest absolute Gasteiger partial charge is 0.399 e. The number of hydrogen-bond acceptors (Lipinski definition) is 3. The number of sulfonamides is 1. The van der Waals surface area contributed by atoms with Crippen molar-refractivity contribution in [2.24, 2.45) is 0 Å². The van der Waals surface area contributed by atoms with E-state index in [1.165, 1.54) is 0 Å². The van der Waals surface area contributed by atoms with Crippen molar-refractivity contribution in [3.8, 4) is 0 Å². The van der Waals surface area contributed by atoms with Gasteiger partial charge < -0.3 is 5.73 Å². The minimum Gasteiger partial charge on any atom is -0.399 e. The summed E-state index contributed by atoms with van der Waals surface area (Å²) in [4.78, 5) is 0. The number of unbranched alkanes of at least 4 members (excludes halogenated alkanes) is 1. The quantitative estimate of drug-likeness (QED) is 0.821. The van der Waals surface area contributed by atoms with Crippen molar-refractivity contribution in [1.82, 2.24) is 0 Å². The van der Waals surface area contributed by atoms with Crippen LogP contribution in [0.15, 0.2) is 22.7 Å². The van der Waals surface area contributed by atoms with E-state index < -0.39 is 10.0 Å². The molecule has 0 aliphatic carbocycles. The van der Waals surface area contributed by atoms with E-state index in [2.05, 4.69) is 20.7 Å². The van der Waals surface area contributed by atoms with Crippen LogP contribution < -0.4 is 10.5 Å². The molecule has 0 amide bonds. The zero-order valence-electron chi connectivity index (χ0n) is 9.03. The molecular weight excluding hydrogens is 292 g/mol. The first-order chi connectivity index (χ1) is 7.44. The number of rotatable bonds is 5. The highest BCUT2D eigenvalue weighted by Crippen LogP contribution is 2.25.